The third kappa shape index (κ3) is 4.48. The van der Waals surface area contributed by atoms with Crippen molar-refractivity contribution in [3.8, 4) is 0 Å². The van der Waals surface area contributed by atoms with Crippen molar-refractivity contribution >= 4 is 5.91 Å². The van der Waals surface area contributed by atoms with Gasteiger partial charge in [-0.1, -0.05) is 26.7 Å². The highest BCUT2D eigenvalue weighted by molar-refractivity contribution is 5.76. The summed E-state index contributed by atoms with van der Waals surface area (Å²) in [5.74, 6) is 2.37. The molecule has 19 heavy (non-hydrogen) atoms. The molecule has 1 aliphatic carbocycles. The van der Waals surface area contributed by atoms with Crippen LogP contribution in [0.15, 0.2) is 0 Å². The Morgan fingerprint density at radius 2 is 2.05 bits per heavy atom. The first-order valence-electron chi connectivity index (χ1n) is 8.17. The van der Waals surface area contributed by atoms with Crippen LogP contribution in [0.1, 0.15) is 58.8 Å². The monoisotopic (exact) mass is 266 g/mol. The Hall–Kier alpha value is -0.570. The molecule has 3 unspecified atom stereocenters. The van der Waals surface area contributed by atoms with Crippen molar-refractivity contribution in [1.29, 1.82) is 0 Å². The minimum Gasteiger partial charge on any atom is -0.353 e. The Bertz CT molecular complexity index is 284. The summed E-state index contributed by atoms with van der Waals surface area (Å²) in [4.78, 5) is 12.1. The van der Waals surface area contributed by atoms with Crippen molar-refractivity contribution in [2.75, 3.05) is 13.1 Å². The minimum absolute atomic E-state index is 0.282. The lowest BCUT2D eigenvalue weighted by molar-refractivity contribution is -0.122. The second-order valence-electron chi connectivity index (χ2n) is 6.76. The quantitative estimate of drug-likeness (QED) is 0.803. The molecule has 0 aromatic carbocycles. The van der Waals surface area contributed by atoms with E-state index in [2.05, 4.69) is 24.5 Å². The van der Waals surface area contributed by atoms with E-state index in [0.717, 1.165) is 25.4 Å². The molecule has 0 spiro atoms. The number of carbonyl (C=O) groups excluding carboxylic acids is 1. The molecule has 0 aromatic heterocycles. The molecule has 0 bridgehead atoms. The average Bonchev–Trinajstić information content (AvgIpc) is 2.90. The highest BCUT2D eigenvalue weighted by Gasteiger charge is 2.28. The van der Waals surface area contributed by atoms with Crippen molar-refractivity contribution in [3.05, 3.63) is 0 Å². The molecule has 2 aliphatic rings. The first-order valence-corrected chi connectivity index (χ1v) is 8.17. The summed E-state index contributed by atoms with van der Waals surface area (Å²) in [6, 6.07) is 0.433. The summed E-state index contributed by atoms with van der Waals surface area (Å²) in [5, 5.41) is 6.68. The van der Waals surface area contributed by atoms with Crippen molar-refractivity contribution in [1.82, 2.24) is 10.6 Å². The number of amides is 1. The van der Waals surface area contributed by atoms with Crippen LogP contribution < -0.4 is 10.6 Å². The van der Waals surface area contributed by atoms with E-state index in [0.29, 0.717) is 24.3 Å². The van der Waals surface area contributed by atoms with E-state index >= 15 is 0 Å². The molecule has 3 heteroatoms. The summed E-state index contributed by atoms with van der Waals surface area (Å²) in [7, 11) is 0. The molecule has 0 aromatic rings. The van der Waals surface area contributed by atoms with Crippen LogP contribution >= 0.6 is 0 Å². The van der Waals surface area contributed by atoms with Crippen LogP contribution in [0, 0.1) is 17.8 Å². The van der Waals surface area contributed by atoms with Gasteiger partial charge in [0.1, 0.15) is 0 Å². The fourth-order valence-electron chi connectivity index (χ4n) is 3.71. The van der Waals surface area contributed by atoms with Gasteiger partial charge in [0, 0.05) is 12.5 Å². The van der Waals surface area contributed by atoms with E-state index in [1.54, 1.807) is 0 Å². The number of hydrogen-bond acceptors (Lipinski definition) is 2. The first-order chi connectivity index (χ1) is 9.16. The van der Waals surface area contributed by atoms with Gasteiger partial charge in [0.05, 0.1) is 0 Å². The van der Waals surface area contributed by atoms with Crippen LogP contribution in [0.4, 0.5) is 0 Å². The van der Waals surface area contributed by atoms with Gasteiger partial charge in [0.25, 0.3) is 0 Å². The summed E-state index contributed by atoms with van der Waals surface area (Å²) in [6.07, 6.45) is 8.09. The zero-order valence-corrected chi connectivity index (χ0v) is 12.6. The zero-order valence-electron chi connectivity index (χ0n) is 12.6. The summed E-state index contributed by atoms with van der Waals surface area (Å²) in [5.41, 5.74) is 0. The van der Waals surface area contributed by atoms with E-state index in [1.807, 2.05) is 0 Å². The molecule has 1 saturated heterocycles. The van der Waals surface area contributed by atoms with E-state index in [9.17, 15) is 4.79 Å². The van der Waals surface area contributed by atoms with Gasteiger partial charge >= 0.3 is 0 Å². The lowest BCUT2D eigenvalue weighted by Gasteiger charge is -2.35. The fraction of sp³-hybridized carbons (Fsp3) is 0.938. The van der Waals surface area contributed by atoms with Crippen LogP contribution in [0.3, 0.4) is 0 Å². The van der Waals surface area contributed by atoms with Gasteiger partial charge in [-0.3, -0.25) is 4.79 Å². The molecule has 3 atom stereocenters. The third-order valence-electron chi connectivity index (χ3n) is 4.96. The maximum atomic E-state index is 12.1. The Balaban J connectivity index is 1.73. The van der Waals surface area contributed by atoms with Crippen molar-refractivity contribution < 1.29 is 4.79 Å². The van der Waals surface area contributed by atoms with Crippen LogP contribution in [0.2, 0.25) is 0 Å². The molecule has 110 valence electrons. The minimum atomic E-state index is 0.282. The lowest BCUT2D eigenvalue weighted by atomic mass is 9.78. The Kier molecular flexibility index (Phi) is 5.68. The number of nitrogens with one attached hydrogen (secondary N) is 2. The van der Waals surface area contributed by atoms with E-state index < -0.39 is 0 Å². The molecular weight excluding hydrogens is 236 g/mol. The van der Waals surface area contributed by atoms with Crippen LogP contribution in [0.5, 0.6) is 0 Å². The first kappa shape index (κ1) is 14.8. The lowest BCUT2D eigenvalue weighted by Crippen LogP contribution is -2.44. The van der Waals surface area contributed by atoms with Gasteiger partial charge in [0.2, 0.25) is 5.91 Å². The zero-order chi connectivity index (χ0) is 13.7. The van der Waals surface area contributed by atoms with Crippen LogP contribution in [0.25, 0.3) is 0 Å². The normalized spacial score (nSPS) is 31.6. The van der Waals surface area contributed by atoms with E-state index in [4.69, 9.17) is 0 Å². The average molecular weight is 266 g/mol. The fourth-order valence-corrected chi connectivity index (χ4v) is 3.71. The van der Waals surface area contributed by atoms with Gasteiger partial charge in [-0.25, -0.2) is 0 Å². The molecule has 1 saturated carbocycles. The molecule has 3 nitrogen and oxygen atoms in total. The molecule has 1 heterocycles. The number of hydrogen-bond donors (Lipinski definition) is 2. The number of carbonyl (C=O) groups is 1. The van der Waals surface area contributed by atoms with Gasteiger partial charge in [-0.05, 0) is 56.5 Å². The van der Waals surface area contributed by atoms with Crippen LogP contribution in [-0.4, -0.2) is 25.0 Å². The Labute approximate surface area is 117 Å². The Morgan fingerprint density at radius 3 is 2.74 bits per heavy atom. The van der Waals surface area contributed by atoms with E-state index in [-0.39, 0.29) is 5.91 Å². The summed E-state index contributed by atoms with van der Waals surface area (Å²) >= 11 is 0. The van der Waals surface area contributed by atoms with Gasteiger partial charge in [0.15, 0.2) is 0 Å². The number of rotatable bonds is 5. The molecule has 2 fully saturated rings. The standard InChI is InChI=1S/C16H30N2O/c1-12(2)14-5-3-4-6-15(14)18-16(19)8-7-13-9-10-17-11-13/h12-15,17H,3-11H2,1-2H3,(H,18,19). The van der Waals surface area contributed by atoms with Gasteiger partial charge in [-0.2, -0.15) is 0 Å². The molecule has 2 rings (SSSR count). The van der Waals surface area contributed by atoms with Crippen molar-refractivity contribution in [3.63, 3.8) is 0 Å². The van der Waals surface area contributed by atoms with Gasteiger partial charge in [-0.15, -0.1) is 0 Å². The SMILES string of the molecule is CC(C)C1CCCCC1NC(=O)CCC1CCNC1. The largest absolute Gasteiger partial charge is 0.353 e. The van der Waals surface area contributed by atoms with E-state index in [1.165, 1.54) is 32.1 Å². The second kappa shape index (κ2) is 7.28. The summed E-state index contributed by atoms with van der Waals surface area (Å²) in [6.45, 7) is 6.81. The smallest absolute Gasteiger partial charge is 0.220 e. The molecule has 0 radical (unpaired) electrons. The second-order valence-corrected chi connectivity index (χ2v) is 6.76. The summed E-state index contributed by atoms with van der Waals surface area (Å²) < 4.78 is 0. The highest BCUT2D eigenvalue weighted by Crippen LogP contribution is 2.30. The van der Waals surface area contributed by atoms with Gasteiger partial charge < -0.3 is 10.6 Å². The third-order valence-corrected chi connectivity index (χ3v) is 4.96. The molecular formula is C16H30N2O. The molecule has 1 amide bonds. The predicted octanol–water partition coefficient (Wildman–Crippen LogP) is 2.71. The van der Waals surface area contributed by atoms with Crippen LogP contribution in [-0.2, 0) is 4.79 Å². The maximum absolute atomic E-state index is 12.1. The maximum Gasteiger partial charge on any atom is 0.220 e. The molecule has 1 aliphatic heterocycles. The Morgan fingerprint density at radius 1 is 1.26 bits per heavy atom. The highest BCUT2D eigenvalue weighted by atomic mass is 16.1. The topological polar surface area (TPSA) is 41.1 Å². The van der Waals surface area contributed by atoms with Crippen molar-refractivity contribution in [2.45, 2.75) is 64.8 Å². The van der Waals surface area contributed by atoms with Crippen molar-refractivity contribution in [2.24, 2.45) is 17.8 Å². The predicted molar refractivity (Wildman–Crippen MR) is 78.9 cm³/mol. The molecule has 2 N–H and O–H groups in total.